The molecule has 6 rings (SSSR count). The lowest BCUT2D eigenvalue weighted by atomic mass is 9.88. The number of fused-ring (bicyclic) bond motifs is 1. The maximum absolute atomic E-state index is 10.3. The number of aromatic hydroxyl groups is 1. The molecule has 1 fully saturated rings. The zero-order valence-corrected chi connectivity index (χ0v) is 27.9. The molecule has 2 aromatic carbocycles. The number of benzene rings is 2. The molecule has 1 unspecified atom stereocenters. The van der Waals surface area contributed by atoms with Crippen molar-refractivity contribution in [2.24, 2.45) is 16.8 Å². The van der Waals surface area contributed by atoms with Crippen molar-refractivity contribution in [3.8, 4) is 17.0 Å². The van der Waals surface area contributed by atoms with Gasteiger partial charge in [0.25, 0.3) is 0 Å². The third-order valence-electron chi connectivity index (χ3n) is 8.77. The van der Waals surface area contributed by atoms with E-state index < -0.39 is 0 Å². The van der Waals surface area contributed by atoms with Gasteiger partial charge in [-0.3, -0.25) is 4.99 Å². The van der Waals surface area contributed by atoms with Crippen LogP contribution in [0, 0.1) is 25.7 Å². The number of thiophene rings is 1. The van der Waals surface area contributed by atoms with Gasteiger partial charge in [0.1, 0.15) is 10.6 Å². The molecule has 6 heteroatoms. The third kappa shape index (κ3) is 6.51. The molecule has 2 aromatic heterocycles. The molecule has 44 heavy (non-hydrogen) atoms. The number of phenolic OH excluding ortho intramolecular Hbond substituents is 1. The quantitative estimate of drug-likeness (QED) is 0.213. The van der Waals surface area contributed by atoms with Crippen LogP contribution in [0.2, 0.25) is 0 Å². The summed E-state index contributed by atoms with van der Waals surface area (Å²) in [5.74, 6) is 1.67. The molecule has 1 saturated heterocycles. The number of aryl methyl sites for hydroxylation is 2. The number of phenols is 1. The average Bonchev–Trinajstić information content (AvgIpc) is 3.63. The molecule has 0 aliphatic carbocycles. The zero-order chi connectivity index (χ0) is 31.4. The van der Waals surface area contributed by atoms with Crippen molar-refractivity contribution in [2.75, 3.05) is 24.5 Å². The Morgan fingerprint density at radius 1 is 1.05 bits per heavy atom. The summed E-state index contributed by atoms with van der Waals surface area (Å²) in [7, 11) is 0. The lowest BCUT2D eigenvalue weighted by Crippen LogP contribution is -2.33. The second-order valence-electron chi connectivity index (χ2n) is 12.5. The summed E-state index contributed by atoms with van der Waals surface area (Å²) in [6, 6.07) is 16.2. The molecule has 4 aromatic rings. The Kier molecular flexibility index (Phi) is 10.00. The first-order valence-corrected chi connectivity index (χ1v) is 16.9. The monoisotopic (exact) mass is 606 g/mol. The van der Waals surface area contributed by atoms with Crippen LogP contribution >= 0.6 is 11.3 Å². The van der Waals surface area contributed by atoms with Crippen molar-refractivity contribution in [2.45, 2.75) is 66.7 Å². The summed E-state index contributed by atoms with van der Waals surface area (Å²) < 4.78 is 0. The molecule has 0 radical (unpaired) electrons. The van der Waals surface area contributed by atoms with Crippen molar-refractivity contribution in [1.82, 2.24) is 10.2 Å². The van der Waals surface area contributed by atoms with Crippen LogP contribution in [0.4, 0.5) is 5.69 Å². The predicted molar refractivity (Wildman–Crippen MR) is 189 cm³/mol. The van der Waals surface area contributed by atoms with Crippen molar-refractivity contribution in [1.29, 1.82) is 0 Å². The lowest BCUT2D eigenvalue weighted by molar-refractivity contribution is 0.477. The second kappa shape index (κ2) is 13.9. The van der Waals surface area contributed by atoms with Crippen LogP contribution in [0.1, 0.15) is 74.4 Å². The number of para-hydroxylation sites is 1. The zero-order valence-electron chi connectivity index (χ0n) is 27.1. The van der Waals surface area contributed by atoms with Gasteiger partial charge in [-0.05, 0) is 91.6 Å². The van der Waals surface area contributed by atoms with E-state index >= 15 is 0 Å². The van der Waals surface area contributed by atoms with E-state index in [9.17, 15) is 5.11 Å². The Morgan fingerprint density at radius 3 is 2.43 bits per heavy atom. The van der Waals surface area contributed by atoms with E-state index in [2.05, 4.69) is 99.6 Å². The van der Waals surface area contributed by atoms with Gasteiger partial charge in [0.15, 0.2) is 0 Å². The van der Waals surface area contributed by atoms with E-state index in [-0.39, 0.29) is 5.75 Å². The fourth-order valence-corrected chi connectivity index (χ4v) is 7.75. The van der Waals surface area contributed by atoms with Crippen LogP contribution < -0.4 is 4.90 Å². The van der Waals surface area contributed by atoms with Crippen LogP contribution in [-0.4, -0.2) is 40.6 Å². The highest BCUT2D eigenvalue weighted by Gasteiger charge is 2.26. The first-order valence-electron chi connectivity index (χ1n) is 16.0. The summed E-state index contributed by atoms with van der Waals surface area (Å²) in [5.41, 5.74) is 9.03. The van der Waals surface area contributed by atoms with Crippen LogP contribution in [-0.2, 0) is 0 Å². The molecule has 5 nitrogen and oxygen atoms in total. The van der Waals surface area contributed by atoms with Gasteiger partial charge in [-0.1, -0.05) is 58.4 Å². The average molecular weight is 607 g/mol. The summed E-state index contributed by atoms with van der Waals surface area (Å²) >= 11 is 1.78. The van der Waals surface area contributed by atoms with Gasteiger partial charge >= 0.3 is 0 Å². The molecule has 230 valence electrons. The number of allylic oxidation sites excluding steroid dienone is 2. The molecule has 4 heterocycles. The number of aromatic nitrogens is 2. The minimum Gasteiger partial charge on any atom is -0.507 e. The molecule has 0 saturated carbocycles. The van der Waals surface area contributed by atoms with Crippen molar-refractivity contribution >= 4 is 33.0 Å². The highest BCUT2D eigenvalue weighted by Crippen LogP contribution is 2.41. The van der Waals surface area contributed by atoms with Crippen LogP contribution in [0.25, 0.3) is 21.5 Å². The Bertz CT molecular complexity index is 1690. The summed E-state index contributed by atoms with van der Waals surface area (Å²) in [6.07, 6.45) is 7.82. The fourth-order valence-electron chi connectivity index (χ4n) is 6.47. The molecule has 0 bridgehead atoms. The number of hydrogen-bond acceptors (Lipinski definition) is 6. The largest absolute Gasteiger partial charge is 0.507 e. The number of piperidine rings is 1. The SMILES string of the molecule is C=CC(C1=CC(c2ccc(N3CCC(c4sc5nnc(-c6ccccc6O)cc5c4C)CC3)c(C)c2)=NC1)C(C)C.CCC. The van der Waals surface area contributed by atoms with Gasteiger partial charge in [0.2, 0.25) is 0 Å². The summed E-state index contributed by atoms with van der Waals surface area (Å²) in [6.45, 7) is 20.1. The second-order valence-corrected chi connectivity index (χ2v) is 13.5. The van der Waals surface area contributed by atoms with E-state index in [1.165, 1.54) is 39.2 Å². The number of hydrogen-bond donors (Lipinski definition) is 1. The number of aliphatic imine (C=N–C) groups is 1. The maximum atomic E-state index is 10.3. The molecule has 1 N–H and O–H groups in total. The van der Waals surface area contributed by atoms with Gasteiger partial charge in [-0.2, -0.15) is 0 Å². The molecule has 2 aliphatic rings. The van der Waals surface area contributed by atoms with Gasteiger partial charge in [-0.25, -0.2) is 0 Å². The molecular formula is C38H46N4OS. The molecule has 1 atom stereocenters. The van der Waals surface area contributed by atoms with E-state index in [0.29, 0.717) is 23.4 Å². The maximum Gasteiger partial charge on any atom is 0.146 e. The van der Waals surface area contributed by atoms with Crippen LogP contribution in [0.3, 0.4) is 0 Å². The lowest BCUT2D eigenvalue weighted by Gasteiger charge is -2.34. The molecular weight excluding hydrogens is 561 g/mol. The number of nitrogens with zero attached hydrogens (tertiary/aromatic N) is 4. The minimum atomic E-state index is 0.231. The van der Waals surface area contributed by atoms with E-state index in [4.69, 9.17) is 4.99 Å². The predicted octanol–water partition coefficient (Wildman–Crippen LogP) is 9.67. The fraction of sp³-hybridized carbons (Fsp3) is 0.395. The van der Waals surface area contributed by atoms with Crippen molar-refractivity contribution in [3.63, 3.8) is 0 Å². The topological polar surface area (TPSA) is 61.6 Å². The van der Waals surface area contributed by atoms with Gasteiger partial charge in [0.05, 0.1) is 18.0 Å². The van der Waals surface area contributed by atoms with E-state index in [1.54, 1.807) is 17.4 Å². The summed E-state index contributed by atoms with van der Waals surface area (Å²) in [4.78, 5) is 9.81. The van der Waals surface area contributed by atoms with Crippen LogP contribution in [0.15, 0.2) is 77.8 Å². The molecule has 2 aliphatic heterocycles. The molecule has 0 amide bonds. The van der Waals surface area contributed by atoms with Crippen molar-refractivity contribution < 1.29 is 5.11 Å². The highest BCUT2D eigenvalue weighted by molar-refractivity contribution is 7.18. The Balaban J connectivity index is 0.00000123. The summed E-state index contributed by atoms with van der Waals surface area (Å²) in [5, 5.41) is 20.4. The Labute approximate surface area is 267 Å². The van der Waals surface area contributed by atoms with Crippen molar-refractivity contribution in [3.05, 3.63) is 94.4 Å². The number of anilines is 1. The first-order chi connectivity index (χ1) is 21.2. The van der Waals surface area contributed by atoms with Gasteiger partial charge in [0, 0.05) is 46.1 Å². The van der Waals surface area contributed by atoms with E-state index in [0.717, 1.165) is 54.0 Å². The van der Waals surface area contributed by atoms with Gasteiger partial charge in [-0.15, -0.1) is 28.1 Å². The Hall–Kier alpha value is -3.77. The Morgan fingerprint density at radius 2 is 1.77 bits per heavy atom. The number of rotatable bonds is 7. The highest BCUT2D eigenvalue weighted by atomic mass is 32.1. The standard InChI is InChI=1S/C35H38N4OS.C3H8/c1-6-27(21(2)3)26-18-30(36-20-26)25-11-12-32(22(4)17-25)39-15-13-24(14-16-39)34-23(5)29-19-31(37-38-35(29)41-34)28-9-7-8-10-33(28)40;1-3-2/h6-12,17-19,21,24,27,40H,1,13-16,20H2,2-5H3;3H2,1-2H3. The first kappa shape index (κ1) is 31.6. The normalized spacial score (nSPS) is 16.0. The molecule has 0 spiro atoms. The van der Waals surface area contributed by atoms with E-state index in [1.807, 2.05) is 18.2 Å². The van der Waals surface area contributed by atoms with Crippen LogP contribution in [0.5, 0.6) is 5.75 Å². The third-order valence-corrected chi connectivity index (χ3v) is 10.1. The van der Waals surface area contributed by atoms with Gasteiger partial charge < -0.3 is 10.0 Å². The minimum absolute atomic E-state index is 0.231. The smallest absolute Gasteiger partial charge is 0.146 e.